The molecule has 0 aromatic heterocycles. The number of aliphatic hydroxyl groups excluding tert-OH is 1. The molecular weight excluding hydrogens is 472 g/mol. The Morgan fingerprint density at radius 2 is 1.57 bits per heavy atom. The molecule has 4 saturated carbocycles. The van der Waals surface area contributed by atoms with Crippen LogP contribution in [0.25, 0.3) is 0 Å². The Morgan fingerprint density at radius 3 is 2.22 bits per heavy atom. The summed E-state index contributed by atoms with van der Waals surface area (Å²) < 4.78 is 16.8. The average molecular weight is 521 g/mol. The van der Waals surface area contributed by atoms with Gasteiger partial charge < -0.3 is 19.3 Å². The number of rotatable bonds is 7. The highest BCUT2D eigenvalue weighted by molar-refractivity contribution is 5.70. The lowest BCUT2D eigenvalue weighted by molar-refractivity contribution is -0.197. The van der Waals surface area contributed by atoms with Crippen LogP contribution in [0.15, 0.2) is 0 Å². The van der Waals surface area contributed by atoms with Gasteiger partial charge in [0.25, 0.3) is 0 Å². The van der Waals surface area contributed by atoms with Gasteiger partial charge in [0.1, 0.15) is 12.2 Å². The van der Waals surface area contributed by atoms with E-state index in [2.05, 4.69) is 20.8 Å². The molecule has 37 heavy (non-hydrogen) atoms. The molecule has 4 aliphatic rings. The summed E-state index contributed by atoms with van der Waals surface area (Å²) in [6.07, 6.45) is 7.01. The zero-order valence-electron chi connectivity index (χ0n) is 23.7. The van der Waals surface area contributed by atoms with Gasteiger partial charge in [0.05, 0.1) is 19.1 Å². The molecule has 0 unspecified atom stereocenters. The predicted octanol–water partition coefficient (Wildman–Crippen LogP) is 5.07. The fourth-order valence-corrected chi connectivity index (χ4v) is 9.58. The van der Waals surface area contributed by atoms with Crippen molar-refractivity contribution >= 4 is 17.9 Å². The number of hydrogen-bond acceptors (Lipinski definition) is 7. The van der Waals surface area contributed by atoms with Gasteiger partial charge in [-0.2, -0.15) is 0 Å². The van der Waals surface area contributed by atoms with E-state index < -0.39 is 6.10 Å². The summed E-state index contributed by atoms with van der Waals surface area (Å²) in [4.78, 5) is 36.0. The highest BCUT2D eigenvalue weighted by Gasteiger charge is 2.64. The van der Waals surface area contributed by atoms with Crippen LogP contribution in [0.1, 0.15) is 99.3 Å². The average Bonchev–Trinajstić information content (AvgIpc) is 3.15. The minimum absolute atomic E-state index is 0.00535. The third-order valence-electron chi connectivity index (χ3n) is 11.3. The maximum Gasteiger partial charge on any atom is 0.308 e. The summed E-state index contributed by atoms with van der Waals surface area (Å²) in [5.74, 6) is 1.07. The summed E-state index contributed by atoms with van der Waals surface area (Å²) in [5, 5.41) is 11.0. The summed E-state index contributed by atoms with van der Waals surface area (Å²) in [7, 11) is 0. The van der Waals surface area contributed by atoms with Crippen molar-refractivity contribution in [2.45, 2.75) is 118 Å². The largest absolute Gasteiger partial charge is 0.466 e. The Hall–Kier alpha value is -1.63. The lowest BCUT2D eigenvalue weighted by Crippen LogP contribution is -2.59. The Kier molecular flexibility index (Phi) is 8.33. The topological polar surface area (TPSA) is 99.1 Å². The molecule has 7 heteroatoms. The lowest BCUT2D eigenvalue weighted by Gasteiger charge is -2.62. The molecule has 4 rings (SSSR count). The van der Waals surface area contributed by atoms with E-state index in [9.17, 15) is 19.5 Å². The highest BCUT2D eigenvalue weighted by Crippen LogP contribution is 2.68. The van der Waals surface area contributed by atoms with Crippen molar-refractivity contribution in [2.75, 3.05) is 6.61 Å². The van der Waals surface area contributed by atoms with Gasteiger partial charge in [-0.25, -0.2) is 0 Å². The van der Waals surface area contributed by atoms with E-state index in [4.69, 9.17) is 14.2 Å². The van der Waals surface area contributed by atoms with Crippen molar-refractivity contribution in [3.05, 3.63) is 0 Å². The zero-order chi connectivity index (χ0) is 27.1. The highest BCUT2D eigenvalue weighted by atomic mass is 16.5. The quantitative estimate of drug-likeness (QED) is 0.370. The van der Waals surface area contributed by atoms with Crippen molar-refractivity contribution in [1.29, 1.82) is 0 Å². The van der Waals surface area contributed by atoms with Crippen LogP contribution in [0.4, 0.5) is 0 Å². The summed E-state index contributed by atoms with van der Waals surface area (Å²) in [5.41, 5.74) is 0.180. The van der Waals surface area contributed by atoms with Crippen molar-refractivity contribution in [1.82, 2.24) is 0 Å². The fourth-order valence-electron chi connectivity index (χ4n) is 9.58. The first-order valence-electron chi connectivity index (χ1n) is 14.6. The first-order chi connectivity index (χ1) is 17.4. The maximum atomic E-state index is 12.3. The molecule has 0 saturated heterocycles. The van der Waals surface area contributed by atoms with Crippen LogP contribution < -0.4 is 0 Å². The molecule has 0 aromatic carbocycles. The van der Waals surface area contributed by atoms with Crippen molar-refractivity contribution in [3.8, 4) is 0 Å². The molecule has 0 spiro atoms. The summed E-state index contributed by atoms with van der Waals surface area (Å²) in [6.45, 7) is 12.0. The van der Waals surface area contributed by atoms with Gasteiger partial charge >= 0.3 is 17.9 Å². The summed E-state index contributed by atoms with van der Waals surface area (Å²) >= 11 is 0. The lowest BCUT2D eigenvalue weighted by atomic mass is 9.43. The fraction of sp³-hybridized carbons (Fsp3) is 0.900. The van der Waals surface area contributed by atoms with Crippen LogP contribution in [0.2, 0.25) is 0 Å². The second-order valence-corrected chi connectivity index (χ2v) is 13.0. The molecule has 1 N–H and O–H groups in total. The molecule has 0 heterocycles. The normalized spacial score (nSPS) is 42.4. The SMILES string of the molecule is CCOC(=O)C[C@@H](O)[C@@H](C)[C@H]1CC[C@H]2[C@@H]3[C@H](OC(C)=O)C[C@@H]4C[C@H](OC(C)=O)CC[C@]4(C)[C@H]3CC[C@]12C. The van der Waals surface area contributed by atoms with E-state index in [1.54, 1.807) is 6.92 Å². The molecule has 4 fully saturated rings. The standard InChI is InChI=1S/C30H48O7/c1-7-35-27(34)16-25(33)17(2)22-8-9-23-28-24(11-13-30(22,23)6)29(5)12-10-21(36-18(3)31)14-20(29)15-26(28)37-19(4)32/h17,20-26,28,33H,7-16H2,1-6H3/t17-,20-,21+,22+,23-,24-,25+,26+,28-,29-,30+/m0/s1. The second-order valence-electron chi connectivity index (χ2n) is 13.0. The smallest absolute Gasteiger partial charge is 0.308 e. The van der Waals surface area contributed by atoms with Gasteiger partial charge in [0.2, 0.25) is 0 Å². The Balaban J connectivity index is 1.57. The molecule has 0 aromatic rings. The van der Waals surface area contributed by atoms with Crippen LogP contribution in [0.3, 0.4) is 0 Å². The van der Waals surface area contributed by atoms with Crippen LogP contribution in [-0.2, 0) is 28.6 Å². The van der Waals surface area contributed by atoms with E-state index in [-0.39, 0.29) is 53.3 Å². The number of fused-ring (bicyclic) bond motifs is 5. The number of aliphatic hydroxyl groups is 1. The maximum absolute atomic E-state index is 12.3. The van der Waals surface area contributed by atoms with E-state index in [1.807, 2.05) is 0 Å². The number of carbonyl (C=O) groups is 3. The minimum Gasteiger partial charge on any atom is -0.466 e. The molecule has 0 radical (unpaired) electrons. The summed E-state index contributed by atoms with van der Waals surface area (Å²) in [6, 6.07) is 0. The molecule has 4 aliphatic carbocycles. The molecule has 0 amide bonds. The van der Waals surface area contributed by atoms with Gasteiger partial charge in [-0.05, 0) is 98.7 Å². The van der Waals surface area contributed by atoms with Gasteiger partial charge in [0.15, 0.2) is 0 Å². The first-order valence-corrected chi connectivity index (χ1v) is 14.6. The van der Waals surface area contributed by atoms with Gasteiger partial charge in [-0.15, -0.1) is 0 Å². The number of carbonyl (C=O) groups excluding carboxylic acids is 3. The van der Waals surface area contributed by atoms with Crippen molar-refractivity contribution < 1.29 is 33.7 Å². The minimum atomic E-state index is -0.716. The molecule has 11 atom stereocenters. The van der Waals surface area contributed by atoms with E-state index in [0.717, 1.165) is 51.4 Å². The van der Waals surface area contributed by atoms with Crippen LogP contribution in [0.5, 0.6) is 0 Å². The van der Waals surface area contributed by atoms with Crippen LogP contribution in [0, 0.1) is 46.3 Å². The van der Waals surface area contributed by atoms with Crippen molar-refractivity contribution in [3.63, 3.8) is 0 Å². The Labute approximate surface area is 222 Å². The van der Waals surface area contributed by atoms with E-state index in [0.29, 0.717) is 36.2 Å². The third-order valence-corrected chi connectivity index (χ3v) is 11.3. The molecule has 210 valence electrons. The predicted molar refractivity (Wildman–Crippen MR) is 138 cm³/mol. The molecule has 0 bridgehead atoms. The Bertz CT molecular complexity index is 872. The van der Waals surface area contributed by atoms with Crippen LogP contribution >= 0.6 is 0 Å². The third kappa shape index (κ3) is 5.31. The second kappa shape index (κ2) is 10.9. The number of esters is 3. The van der Waals surface area contributed by atoms with Crippen molar-refractivity contribution in [2.24, 2.45) is 46.3 Å². The van der Waals surface area contributed by atoms with E-state index in [1.165, 1.54) is 13.8 Å². The molecule has 7 nitrogen and oxygen atoms in total. The molecule has 0 aliphatic heterocycles. The van der Waals surface area contributed by atoms with Gasteiger partial charge in [0, 0.05) is 19.8 Å². The van der Waals surface area contributed by atoms with Gasteiger partial charge in [-0.1, -0.05) is 20.8 Å². The monoisotopic (exact) mass is 520 g/mol. The Morgan fingerprint density at radius 1 is 0.919 bits per heavy atom. The van der Waals surface area contributed by atoms with E-state index >= 15 is 0 Å². The number of hydrogen-bond donors (Lipinski definition) is 1. The molecular formula is C30H48O7. The van der Waals surface area contributed by atoms with Crippen LogP contribution in [-0.4, -0.2) is 47.9 Å². The van der Waals surface area contributed by atoms with Gasteiger partial charge in [-0.3, -0.25) is 14.4 Å². The first kappa shape index (κ1) is 28.4. The zero-order valence-corrected chi connectivity index (χ0v) is 23.7. The number of ether oxygens (including phenoxy) is 3.